The van der Waals surface area contributed by atoms with Crippen LogP contribution in [0.2, 0.25) is 0 Å². The van der Waals surface area contributed by atoms with Crippen molar-refractivity contribution in [2.45, 2.75) is 39.2 Å². The van der Waals surface area contributed by atoms with E-state index in [1.807, 2.05) is 0 Å². The second-order valence-corrected chi connectivity index (χ2v) is 4.40. The van der Waals surface area contributed by atoms with Gasteiger partial charge in [0.25, 0.3) is 0 Å². The number of hydrogen-bond acceptors (Lipinski definition) is 1. The van der Waals surface area contributed by atoms with Crippen LogP contribution in [0.15, 0.2) is 40.4 Å². The second-order valence-electron chi connectivity index (χ2n) is 4.40. The van der Waals surface area contributed by atoms with E-state index in [0.29, 0.717) is 12.0 Å². The number of rotatable bonds is 2. The third-order valence-corrected chi connectivity index (χ3v) is 3.19. The molecule has 1 aliphatic carbocycles. The van der Waals surface area contributed by atoms with E-state index in [1.165, 1.54) is 11.1 Å². The summed E-state index contributed by atoms with van der Waals surface area (Å²) in [4.78, 5) is 4.48. The maximum absolute atomic E-state index is 4.48. The summed E-state index contributed by atoms with van der Waals surface area (Å²) in [6.07, 6.45) is 14.7. The molecule has 0 saturated heterocycles. The van der Waals surface area contributed by atoms with E-state index in [-0.39, 0.29) is 0 Å². The first-order chi connectivity index (χ1) is 7.29. The normalized spacial score (nSPS) is 30.0. The molecule has 0 aromatic carbocycles. The summed E-state index contributed by atoms with van der Waals surface area (Å²) in [5, 5.41) is 0. The van der Waals surface area contributed by atoms with Gasteiger partial charge in [0.1, 0.15) is 0 Å². The first-order valence-corrected chi connectivity index (χ1v) is 5.90. The Bertz CT molecular complexity index is 344. The first kappa shape index (κ1) is 10.4. The zero-order valence-corrected chi connectivity index (χ0v) is 9.61. The molecule has 2 unspecified atom stereocenters. The van der Waals surface area contributed by atoms with E-state index in [2.05, 4.69) is 49.4 Å². The van der Waals surface area contributed by atoms with Crippen molar-refractivity contribution in [3.63, 3.8) is 0 Å². The molecule has 2 rings (SSSR count). The van der Waals surface area contributed by atoms with Crippen molar-refractivity contribution in [1.82, 2.24) is 0 Å². The molecule has 0 N–H and O–H groups in total. The third kappa shape index (κ3) is 2.47. The largest absolute Gasteiger partial charge is 0.290 e. The predicted molar refractivity (Wildman–Crippen MR) is 66.3 cm³/mol. The summed E-state index contributed by atoms with van der Waals surface area (Å²) >= 11 is 0. The van der Waals surface area contributed by atoms with Crippen molar-refractivity contribution in [2.24, 2.45) is 10.9 Å². The number of aliphatic imine (C=N–C) groups is 1. The molecule has 0 saturated carbocycles. The molecule has 1 heterocycles. The second kappa shape index (κ2) is 4.61. The van der Waals surface area contributed by atoms with Crippen LogP contribution in [0, 0.1) is 5.92 Å². The van der Waals surface area contributed by atoms with Gasteiger partial charge < -0.3 is 0 Å². The van der Waals surface area contributed by atoms with Crippen LogP contribution in [-0.4, -0.2) is 12.3 Å². The maximum atomic E-state index is 4.48. The molecular formula is C14H19N. The molecule has 1 heteroatoms. The summed E-state index contributed by atoms with van der Waals surface area (Å²) < 4.78 is 0. The summed E-state index contributed by atoms with van der Waals surface area (Å²) in [5.74, 6) is 0.566. The Balaban J connectivity index is 2.01. The first-order valence-electron chi connectivity index (χ1n) is 5.90. The average molecular weight is 201 g/mol. The van der Waals surface area contributed by atoms with E-state index < -0.39 is 0 Å². The Morgan fingerprint density at radius 1 is 1.33 bits per heavy atom. The standard InChI is InChI=1S/C14H19N/c1-3-12-5-8-13(9-6-12)14-7-4-11(2)15-10-14/h5-8,10-11,13H,3-4,9H2,1-2H3. The van der Waals surface area contributed by atoms with Gasteiger partial charge in [0.05, 0.1) is 6.04 Å². The van der Waals surface area contributed by atoms with Crippen molar-refractivity contribution in [3.05, 3.63) is 35.5 Å². The lowest BCUT2D eigenvalue weighted by Crippen LogP contribution is -2.11. The Morgan fingerprint density at radius 3 is 2.73 bits per heavy atom. The number of allylic oxidation sites excluding steroid dienone is 5. The van der Waals surface area contributed by atoms with E-state index in [4.69, 9.17) is 0 Å². The minimum atomic E-state index is 0.475. The van der Waals surface area contributed by atoms with Gasteiger partial charge >= 0.3 is 0 Å². The van der Waals surface area contributed by atoms with Gasteiger partial charge in [-0.25, -0.2) is 0 Å². The fourth-order valence-electron chi connectivity index (χ4n) is 2.05. The van der Waals surface area contributed by atoms with Crippen LogP contribution in [0.1, 0.15) is 33.1 Å². The number of nitrogens with zero attached hydrogens (tertiary/aromatic N) is 1. The molecule has 1 aliphatic heterocycles. The van der Waals surface area contributed by atoms with E-state index >= 15 is 0 Å². The van der Waals surface area contributed by atoms with Crippen LogP contribution in [-0.2, 0) is 0 Å². The van der Waals surface area contributed by atoms with E-state index in [1.54, 1.807) is 0 Å². The molecule has 0 radical (unpaired) electrons. The van der Waals surface area contributed by atoms with Gasteiger partial charge in [0.15, 0.2) is 0 Å². The molecule has 0 spiro atoms. The van der Waals surface area contributed by atoms with Gasteiger partial charge in [0.2, 0.25) is 0 Å². The molecule has 2 aliphatic rings. The summed E-state index contributed by atoms with van der Waals surface area (Å²) in [6, 6.07) is 0.475. The third-order valence-electron chi connectivity index (χ3n) is 3.19. The molecule has 80 valence electrons. The van der Waals surface area contributed by atoms with Crippen LogP contribution < -0.4 is 0 Å². The molecule has 1 nitrogen and oxygen atoms in total. The number of hydrogen-bond donors (Lipinski definition) is 0. The minimum absolute atomic E-state index is 0.475. The topological polar surface area (TPSA) is 12.4 Å². The molecule has 0 aromatic heterocycles. The maximum Gasteiger partial charge on any atom is 0.0506 e. The highest BCUT2D eigenvalue weighted by molar-refractivity contribution is 5.81. The quantitative estimate of drug-likeness (QED) is 0.646. The fraction of sp³-hybridized carbons (Fsp3) is 0.500. The van der Waals surface area contributed by atoms with Crippen LogP contribution in [0.25, 0.3) is 0 Å². The van der Waals surface area contributed by atoms with Crippen molar-refractivity contribution in [1.29, 1.82) is 0 Å². The van der Waals surface area contributed by atoms with Crippen molar-refractivity contribution in [3.8, 4) is 0 Å². The lowest BCUT2D eigenvalue weighted by atomic mass is 9.88. The fourth-order valence-corrected chi connectivity index (χ4v) is 2.05. The lowest BCUT2D eigenvalue weighted by Gasteiger charge is -2.20. The van der Waals surface area contributed by atoms with Gasteiger partial charge in [-0.05, 0) is 31.8 Å². The Kier molecular flexibility index (Phi) is 3.20. The highest BCUT2D eigenvalue weighted by Gasteiger charge is 2.14. The smallest absolute Gasteiger partial charge is 0.0506 e. The Labute approximate surface area is 92.3 Å². The molecule has 15 heavy (non-hydrogen) atoms. The van der Waals surface area contributed by atoms with Crippen LogP contribution in [0.4, 0.5) is 0 Å². The Hall–Kier alpha value is -1.11. The Morgan fingerprint density at radius 2 is 2.20 bits per heavy atom. The van der Waals surface area contributed by atoms with Crippen molar-refractivity contribution in [2.75, 3.05) is 0 Å². The van der Waals surface area contributed by atoms with Gasteiger partial charge in [0, 0.05) is 12.1 Å². The number of dihydropyridines is 1. The predicted octanol–water partition coefficient (Wildman–Crippen LogP) is 3.69. The molecule has 0 fully saturated rings. The minimum Gasteiger partial charge on any atom is -0.290 e. The molecule has 2 atom stereocenters. The van der Waals surface area contributed by atoms with Gasteiger partial charge in [-0.15, -0.1) is 0 Å². The van der Waals surface area contributed by atoms with Gasteiger partial charge in [-0.2, -0.15) is 0 Å². The van der Waals surface area contributed by atoms with Crippen LogP contribution in [0.5, 0.6) is 0 Å². The zero-order valence-electron chi connectivity index (χ0n) is 9.61. The monoisotopic (exact) mass is 201 g/mol. The highest BCUT2D eigenvalue weighted by Crippen LogP contribution is 2.25. The van der Waals surface area contributed by atoms with E-state index in [0.717, 1.165) is 19.3 Å². The molecule has 0 aromatic rings. The molecular weight excluding hydrogens is 182 g/mol. The average Bonchev–Trinajstić information content (AvgIpc) is 2.30. The van der Waals surface area contributed by atoms with Crippen molar-refractivity contribution < 1.29 is 0 Å². The van der Waals surface area contributed by atoms with Gasteiger partial charge in [-0.1, -0.05) is 36.8 Å². The lowest BCUT2D eigenvalue weighted by molar-refractivity contribution is 0.717. The van der Waals surface area contributed by atoms with Crippen LogP contribution >= 0.6 is 0 Å². The summed E-state index contributed by atoms with van der Waals surface area (Å²) in [7, 11) is 0. The molecule has 0 bridgehead atoms. The zero-order chi connectivity index (χ0) is 10.7. The highest BCUT2D eigenvalue weighted by atomic mass is 14.8. The summed E-state index contributed by atoms with van der Waals surface area (Å²) in [6.45, 7) is 4.37. The van der Waals surface area contributed by atoms with Gasteiger partial charge in [-0.3, -0.25) is 4.99 Å². The SMILES string of the molecule is CCC1=CCC(C2=CCC(C)N=C2)C=C1. The molecule has 0 amide bonds. The summed E-state index contributed by atoms with van der Waals surface area (Å²) in [5.41, 5.74) is 2.86. The van der Waals surface area contributed by atoms with Crippen molar-refractivity contribution >= 4 is 6.21 Å². The van der Waals surface area contributed by atoms with Crippen LogP contribution in [0.3, 0.4) is 0 Å². The van der Waals surface area contributed by atoms with E-state index in [9.17, 15) is 0 Å².